The van der Waals surface area contributed by atoms with Crippen molar-refractivity contribution in [2.45, 2.75) is 55.3 Å². The Bertz CT molecular complexity index is 1810. The smallest absolute Gasteiger partial charge is 0.780 e. The minimum atomic E-state index is -0.687. The molecule has 3 aromatic carbocycles. The number of fused-ring (bicyclic) bond motifs is 5. The molecule has 0 spiro atoms. The van der Waals surface area contributed by atoms with Crippen molar-refractivity contribution in [2.75, 3.05) is 0 Å². The van der Waals surface area contributed by atoms with Crippen LogP contribution in [0.15, 0.2) is 138 Å². The van der Waals surface area contributed by atoms with Gasteiger partial charge in [0.15, 0.2) is 0 Å². The van der Waals surface area contributed by atoms with Crippen molar-refractivity contribution in [2.24, 2.45) is 5.41 Å². The molecular weight excluding hydrogens is 764 g/mol. The predicted molar refractivity (Wildman–Crippen MR) is 182 cm³/mol. The fourth-order valence-electron chi connectivity index (χ4n) is 7.72. The Balaban J connectivity index is 0.000000414. The van der Waals surface area contributed by atoms with Crippen molar-refractivity contribution in [3.63, 3.8) is 0 Å². The van der Waals surface area contributed by atoms with E-state index in [0.29, 0.717) is 5.92 Å². The standard InChI is InChI=1S/C34H31N4.C6H6S.Pt/c1-32(2)25-20-21-33(32,3)31-29(25)30(37-38-31)26-17-12-19-28(36-26)34(23-13-6-4-7-14-23,24-15-8-5-9-16-24)27-18-10-11-22-35-27;7-6-4-2-1-3-5-6;/h4-19,22,25H,20-21H2,1-3H3;1-5,7H;/q-1;;+2/p-1. The zero-order chi connectivity index (χ0) is 31.1. The van der Waals surface area contributed by atoms with Gasteiger partial charge in [-0.3, -0.25) is 9.97 Å². The van der Waals surface area contributed by atoms with E-state index in [-0.39, 0.29) is 31.9 Å². The summed E-state index contributed by atoms with van der Waals surface area (Å²) < 4.78 is 0. The summed E-state index contributed by atoms with van der Waals surface area (Å²) in [6.07, 6.45) is 4.23. The third-order valence-electron chi connectivity index (χ3n) is 10.4. The van der Waals surface area contributed by atoms with Gasteiger partial charge in [0.1, 0.15) is 5.41 Å². The topological polar surface area (TPSA) is 52.8 Å². The molecule has 2 bridgehead atoms. The summed E-state index contributed by atoms with van der Waals surface area (Å²) in [5.74, 6) is 0.460. The van der Waals surface area contributed by atoms with Gasteiger partial charge in [-0.15, -0.1) is 0 Å². The summed E-state index contributed by atoms with van der Waals surface area (Å²) in [6.45, 7) is 7.17. The molecule has 2 aliphatic carbocycles. The minimum Gasteiger partial charge on any atom is -0.780 e. The number of rotatable bonds is 5. The summed E-state index contributed by atoms with van der Waals surface area (Å²) in [5.41, 5.74) is 8.00. The van der Waals surface area contributed by atoms with E-state index in [2.05, 4.69) is 112 Å². The molecule has 2 atom stereocenters. The van der Waals surface area contributed by atoms with Crippen LogP contribution in [-0.4, -0.2) is 15.1 Å². The van der Waals surface area contributed by atoms with Gasteiger partial charge in [-0.1, -0.05) is 130 Å². The van der Waals surface area contributed by atoms with Crippen molar-refractivity contribution in [1.82, 2.24) is 20.2 Å². The molecule has 0 radical (unpaired) electrons. The molecule has 0 saturated heterocycles. The molecule has 0 aliphatic heterocycles. The van der Waals surface area contributed by atoms with Crippen LogP contribution in [0.1, 0.15) is 73.3 Å². The summed E-state index contributed by atoms with van der Waals surface area (Å²) in [4.78, 5) is 11.2. The average molecular weight is 800 g/mol. The molecule has 4 nitrogen and oxygen atoms in total. The Labute approximate surface area is 291 Å². The predicted octanol–water partition coefficient (Wildman–Crippen LogP) is 8.64. The molecule has 2 aliphatic rings. The van der Waals surface area contributed by atoms with E-state index >= 15 is 0 Å². The Morgan fingerprint density at radius 1 is 0.717 bits per heavy atom. The third-order valence-corrected chi connectivity index (χ3v) is 10.7. The van der Waals surface area contributed by atoms with Crippen LogP contribution in [0.25, 0.3) is 11.4 Å². The van der Waals surface area contributed by atoms with E-state index in [1.54, 1.807) is 0 Å². The van der Waals surface area contributed by atoms with Gasteiger partial charge in [-0.05, 0) is 65.1 Å². The van der Waals surface area contributed by atoms with Crippen LogP contribution in [0.4, 0.5) is 0 Å². The molecule has 232 valence electrons. The summed E-state index contributed by atoms with van der Waals surface area (Å²) >= 11 is 4.81. The van der Waals surface area contributed by atoms with Gasteiger partial charge >= 0.3 is 21.1 Å². The van der Waals surface area contributed by atoms with Gasteiger partial charge in [0.05, 0.1) is 17.1 Å². The number of nitrogens with zero attached hydrogens (tertiary/aromatic N) is 4. The Morgan fingerprint density at radius 2 is 1.30 bits per heavy atom. The molecule has 6 aromatic rings. The second-order valence-electron chi connectivity index (χ2n) is 12.9. The fourth-order valence-corrected chi connectivity index (χ4v) is 7.88. The molecule has 3 aromatic heterocycles. The molecule has 0 N–H and O–H groups in total. The number of hydrogen-bond donors (Lipinski definition) is 0. The first kappa shape index (κ1) is 32.0. The van der Waals surface area contributed by atoms with Crippen LogP contribution < -0.4 is 5.10 Å². The average Bonchev–Trinajstić information content (AvgIpc) is 3.68. The first-order valence-corrected chi connectivity index (χ1v) is 16.0. The Kier molecular flexibility index (Phi) is 8.85. The van der Waals surface area contributed by atoms with Crippen LogP contribution in [0.3, 0.4) is 0 Å². The number of benzene rings is 3. The second kappa shape index (κ2) is 12.7. The van der Waals surface area contributed by atoms with Gasteiger partial charge in [-0.2, -0.15) is 4.90 Å². The quantitative estimate of drug-likeness (QED) is 0.164. The Hall–Kier alpha value is -3.92. The zero-order valence-corrected chi connectivity index (χ0v) is 29.3. The number of pyridine rings is 2. The van der Waals surface area contributed by atoms with Crippen molar-refractivity contribution in [3.8, 4) is 11.4 Å². The molecule has 1 fully saturated rings. The van der Waals surface area contributed by atoms with Crippen LogP contribution in [0.2, 0.25) is 0 Å². The summed E-state index contributed by atoms with van der Waals surface area (Å²) in [5, 5.41) is 9.56. The maximum Gasteiger partial charge on any atom is 2.00 e. The molecule has 8 rings (SSSR count). The van der Waals surface area contributed by atoms with E-state index in [4.69, 9.17) is 32.8 Å². The molecule has 2 unspecified atom stereocenters. The first-order chi connectivity index (χ1) is 21.9. The maximum absolute atomic E-state index is 5.41. The molecule has 1 saturated carbocycles. The SMILES string of the molecule is CC12CCC(c3c1n[n-]c3-c1cccc(C(c3ccccc3)(c3ccccc3)c3ccccn3)n1)C2(C)C.[Pt+2].[S-]c1ccccc1. The number of aromatic nitrogens is 4. The largest absolute Gasteiger partial charge is 2.00 e. The van der Waals surface area contributed by atoms with Gasteiger partial charge in [-0.25, -0.2) is 0 Å². The van der Waals surface area contributed by atoms with Gasteiger partial charge in [0.2, 0.25) is 0 Å². The summed E-state index contributed by atoms with van der Waals surface area (Å²) in [6, 6.07) is 43.3. The van der Waals surface area contributed by atoms with Gasteiger partial charge in [0, 0.05) is 17.3 Å². The molecular formula is C40H36N4PtS. The second-order valence-corrected chi connectivity index (χ2v) is 13.3. The zero-order valence-electron chi connectivity index (χ0n) is 26.2. The van der Waals surface area contributed by atoms with Gasteiger partial charge < -0.3 is 22.8 Å². The molecule has 0 amide bonds. The molecule has 6 heteroatoms. The fraction of sp³-hybridized carbons (Fsp3) is 0.225. The van der Waals surface area contributed by atoms with Crippen LogP contribution in [0.5, 0.6) is 0 Å². The maximum atomic E-state index is 5.41. The first-order valence-electron chi connectivity index (χ1n) is 15.6. The molecule has 3 heterocycles. The van der Waals surface area contributed by atoms with Crippen molar-refractivity contribution in [1.29, 1.82) is 0 Å². The van der Waals surface area contributed by atoms with Crippen molar-refractivity contribution in [3.05, 3.63) is 167 Å². The monoisotopic (exact) mass is 799 g/mol. The van der Waals surface area contributed by atoms with Crippen molar-refractivity contribution < 1.29 is 21.1 Å². The van der Waals surface area contributed by atoms with Gasteiger partial charge in [0.25, 0.3) is 0 Å². The molecule has 46 heavy (non-hydrogen) atoms. The number of hydrogen-bond acceptors (Lipinski definition) is 4. The van der Waals surface area contributed by atoms with E-state index in [9.17, 15) is 0 Å². The van der Waals surface area contributed by atoms with Crippen LogP contribution in [-0.2, 0) is 44.5 Å². The normalized spacial score (nSPS) is 19.0. The Morgan fingerprint density at radius 3 is 1.87 bits per heavy atom. The van der Waals surface area contributed by atoms with E-state index in [0.717, 1.165) is 38.8 Å². The van der Waals surface area contributed by atoms with Crippen molar-refractivity contribution >= 4 is 12.6 Å². The van der Waals surface area contributed by atoms with Crippen LogP contribution in [0, 0.1) is 5.41 Å². The third kappa shape index (κ3) is 5.05. The van der Waals surface area contributed by atoms with E-state index < -0.39 is 5.41 Å². The van der Waals surface area contributed by atoms with E-state index in [1.807, 2.05) is 42.6 Å². The van der Waals surface area contributed by atoms with E-state index in [1.165, 1.54) is 24.1 Å². The summed E-state index contributed by atoms with van der Waals surface area (Å²) in [7, 11) is 0. The van der Waals surface area contributed by atoms with Crippen LogP contribution >= 0.6 is 0 Å². The minimum absolute atomic E-state index is 0.